The Morgan fingerprint density at radius 3 is 2.35 bits per heavy atom. The minimum atomic E-state index is -0.430. The number of anilines is 4. The summed E-state index contributed by atoms with van der Waals surface area (Å²) in [6, 6.07) is 7.89. The minimum Gasteiger partial charge on any atom is -0.497 e. The zero-order valence-corrected chi connectivity index (χ0v) is 18.3. The first-order valence-electron chi connectivity index (χ1n) is 9.80. The van der Waals surface area contributed by atoms with Crippen molar-refractivity contribution in [2.45, 2.75) is 13.8 Å². The number of hydrogen-bond acceptors (Lipinski definition) is 10. The van der Waals surface area contributed by atoms with Crippen LogP contribution >= 0.6 is 11.3 Å². The van der Waals surface area contributed by atoms with Gasteiger partial charge in [0.05, 0.1) is 17.7 Å². The van der Waals surface area contributed by atoms with E-state index in [9.17, 15) is 10.1 Å². The summed E-state index contributed by atoms with van der Waals surface area (Å²) in [5.41, 5.74) is 1.85. The van der Waals surface area contributed by atoms with Crippen LogP contribution in [0.1, 0.15) is 10.6 Å². The second kappa shape index (κ2) is 8.72. The van der Waals surface area contributed by atoms with Crippen LogP contribution in [0.4, 0.5) is 28.1 Å². The Morgan fingerprint density at radius 2 is 1.77 bits per heavy atom. The number of thiazole rings is 1. The fourth-order valence-electron chi connectivity index (χ4n) is 3.46. The number of rotatable bonds is 6. The van der Waals surface area contributed by atoms with Crippen molar-refractivity contribution in [1.82, 2.24) is 15.0 Å². The van der Waals surface area contributed by atoms with Crippen molar-refractivity contribution in [3.05, 3.63) is 51.3 Å². The van der Waals surface area contributed by atoms with Crippen molar-refractivity contribution in [3.63, 3.8) is 0 Å². The summed E-state index contributed by atoms with van der Waals surface area (Å²) in [4.78, 5) is 29.5. The molecule has 0 amide bonds. The number of aryl methyl sites for hydroxylation is 2. The highest BCUT2D eigenvalue weighted by atomic mass is 32.1. The van der Waals surface area contributed by atoms with Crippen LogP contribution in [-0.4, -0.2) is 53.2 Å². The van der Waals surface area contributed by atoms with Gasteiger partial charge in [-0.05, 0) is 38.1 Å². The van der Waals surface area contributed by atoms with E-state index in [0.717, 1.165) is 35.1 Å². The number of nitrogens with zero attached hydrogens (tertiary/aromatic N) is 6. The highest BCUT2D eigenvalue weighted by molar-refractivity contribution is 7.15. The van der Waals surface area contributed by atoms with E-state index >= 15 is 0 Å². The number of hydrogen-bond donors (Lipinski definition) is 1. The predicted octanol–water partition coefficient (Wildman–Crippen LogP) is 3.54. The van der Waals surface area contributed by atoms with Crippen LogP contribution in [0.3, 0.4) is 0 Å². The summed E-state index contributed by atoms with van der Waals surface area (Å²) in [5, 5.41) is 15.5. The molecule has 1 fully saturated rings. The van der Waals surface area contributed by atoms with Crippen LogP contribution in [-0.2, 0) is 0 Å². The Morgan fingerprint density at radius 1 is 1.10 bits per heavy atom. The molecule has 162 valence electrons. The average Bonchev–Trinajstić information content (AvgIpc) is 3.10. The van der Waals surface area contributed by atoms with Gasteiger partial charge in [0, 0.05) is 36.7 Å². The van der Waals surface area contributed by atoms with Gasteiger partial charge in [-0.3, -0.25) is 10.1 Å². The Balaban J connectivity index is 1.53. The Labute approximate surface area is 183 Å². The molecule has 3 heterocycles. The van der Waals surface area contributed by atoms with Gasteiger partial charge in [-0.15, -0.1) is 11.3 Å². The lowest BCUT2D eigenvalue weighted by Crippen LogP contribution is -2.47. The van der Waals surface area contributed by atoms with Crippen LogP contribution in [0.15, 0.2) is 30.6 Å². The maximum Gasteiger partial charge on any atom is 0.353 e. The van der Waals surface area contributed by atoms with E-state index in [1.54, 1.807) is 7.11 Å². The predicted molar refractivity (Wildman–Crippen MR) is 121 cm³/mol. The first kappa shape index (κ1) is 20.8. The van der Waals surface area contributed by atoms with Crippen LogP contribution < -0.4 is 19.9 Å². The number of aromatic nitrogens is 3. The molecule has 3 aromatic rings. The van der Waals surface area contributed by atoms with Gasteiger partial charge in [-0.2, -0.15) is 0 Å². The van der Waals surface area contributed by atoms with Crippen molar-refractivity contribution in [3.8, 4) is 5.75 Å². The molecule has 0 unspecified atom stereocenters. The number of nitrogens with one attached hydrogen (secondary N) is 1. The average molecular weight is 442 g/mol. The summed E-state index contributed by atoms with van der Waals surface area (Å²) < 4.78 is 5.21. The maximum absolute atomic E-state index is 11.9. The molecule has 0 saturated carbocycles. The zero-order chi connectivity index (χ0) is 22.0. The minimum absolute atomic E-state index is 0.133. The first-order chi connectivity index (χ1) is 15.0. The third kappa shape index (κ3) is 4.36. The molecule has 1 aliphatic rings. The molecule has 1 saturated heterocycles. The normalized spacial score (nSPS) is 13.9. The van der Waals surface area contributed by atoms with Crippen LogP contribution in [0.5, 0.6) is 5.75 Å². The number of piperazine rings is 1. The van der Waals surface area contributed by atoms with E-state index in [1.807, 2.05) is 43.0 Å². The number of benzene rings is 1. The molecule has 1 aliphatic heterocycles. The van der Waals surface area contributed by atoms with Gasteiger partial charge in [0.15, 0.2) is 5.13 Å². The van der Waals surface area contributed by atoms with Crippen molar-refractivity contribution in [1.29, 1.82) is 0 Å². The monoisotopic (exact) mass is 441 g/mol. The SMILES string of the molecule is COc1ccc(N2CCN(c3ncnc(Nc4nc(C)c(C)s4)c3[N+](=O)[O-])CC2)cc1. The molecular formula is C20H23N7O3S. The Bertz CT molecular complexity index is 1060. The van der Waals surface area contributed by atoms with E-state index in [4.69, 9.17) is 4.74 Å². The molecule has 0 atom stereocenters. The van der Waals surface area contributed by atoms with Crippen LogP contribution in [0.2, 0.25) is 0 Å². The lowest BCUT2D eigenvalue weighted by atomic mass is 10.2. The first-order valence-corrected chi connectivity index (χ1v) is 10.6. The van der Waals surface area contributed by atoms with Crippen LogP contribution in [0.25, 0.3) is 0 Å². The largest absolute Gasteiger partial charge is 0.497 e. The van der Waals surface area contributed by atoms with Gasteiger partial charge in [0.2, 0.25) is 11.6 Å². The van der Waals surface area contributed by atoms with E-state index in [0.29, 0.717) is 24.0 Å². The van der Waals surface area contributed by atoms with Crippen molar-refractivity contribution >= 4 is 39.5 Å². The fourth-order valence-corrected chi connectivity index (χ4v) is 4.27. The van der Waals surface area contributed by atoms with Crippen LogP contribution in [0, 0.1) is 24.0 Å². The van der Waals surface area contributed by atoms with Crippen molar-refractivity contribution in [2.75, 3.05) is 48.4 Å². The molecule has 0 radical (unpaired) electrons. The molecule has 1 N–H and O–H groups in total. The maximum atomic E-state index is 11.9. The number of nitro groups is 1. The number of methoxy groups -OCH3 is 1. The standard InChI is InChI=1S/C20H23N7O3S/c1-13-14(2)31-20(23-13)24-18-17(27(28)29)19(22-12-21-18)26-10-8-25(9-11-26)15-4-6-16(30-3)7-5-15/h4-7,12H,8-11H2,1-3H3,(H,21,22,23,24). The van der Waals surface area contributed by atoms with E-state index in [-0.39, 0.29) is 11.5 Å². The third-order valence-corrected chi connectivity index (χ3v) is 6.24. The molecule has 31 heavy (non-hydrogen) atoms. The lowest BCUT2D eigenvalue weighted by Gasteiger charge is -2.36. The molecule has 0 bridgehead atoms. The molecule has 10 nitrogen and oxygen atoms in total. The summed E-state index contributed by atoms with van der Waals surface area (Å²) in [5.74, 6) is 1.29. The van der Waals surface area contributed by atoms with Crippen molar-refractivity contribution in [2.24, 2.45) is 0 Å². The quantitative estimate of drug-likeness (QED) is 0.454. The molecule has 2 aromatic heterocycles. The Hall–Kier alpha value is -3.47. The van der Waals surface area contributed by atoms with Gasteiger partial charge in [-0.25, -0.2) is 15.0 Å². The van der Waals surface area contributed by atoms with E-state index in [2.05, 4.69) is 25.2 Å². The highest BCUT2D eigenvalue weighted by Gasteiger charge is 2.30. The van der Waals surface area contributed by atoms with E-state index < -0.39 is 4.92 Å². The molecule has 0 aliphatic carbocycles. The molecule has 11 heteroatoms. The second-order valence-corrected chi connectivity index (χ2v) is 8.31. The summed E-state index contributed by atoms with van der Waals surface area (Å²) in [7, 11) is 1.64. The summed E-state index contributed by atoms with van der Waals surface area (Å²) in [6.07, 6.45) is 1.35. The topological polar surface area (TPSA) is 110 Å². The summed E-state index contributed by atoms with van der Waals surface area (Å²) in [6.45, 7) is 6.53. The lowest BCUT2D eigenvalue weighted by molar-refractivity contribution is -0.383. The van der Waals surface area contributed by atoms with Gasteiger partial charge < -0.3 is 19.9 Å². The van der Waals surface area contributed by atoms with Gasteiger partial charge in [-0.1, -0.05) is 0 Å². The van der Waals surface area contributed by atoms with E-state index in [1.165, 1.54) is 17.7 Å². The molecule has 1 aromatic carbocycles. The van der Waals surface area contributed by atoms with Crippen molar-refractivity contribution < 1.29 is 9.66 Å². The second-order valence-electron chi connectivity index (χ2n) is 7.11. The fraction of sp³-hybridized carbons (Fsp3) is 0.350. The third-order valence-electron chi connectivity index (χ3n) is 5.26. The highest BCUT2D eigenvalue weighted by Crippen LogP contribution is 2.35. The zero-order valence-electron chi connectivity index (χ0n) is 17.5. The smallest absolute Gasteiger partial charge is 0.353 e. The molecule has 0 spiro atoms. The van der Waals surface area contributed by atoms with Gasteiger partial charge >= 0.3 is 5.69 Å². The number of ether oxygens (including phenoxy) is 1. The molecular weight excluding hydrogens is 418 g/mol. The van der Waals surface area contributed by atoms with Gasteiger partial charge in [0.25, 0.3) is 0 Å². The Kier molecular flexibility index (Phi) is 5.85. The van der Waals surface area contributed by atoms with Gasteiger partial charge in [0.1, 0.15) is 12.1 Å². The molecule has 4 rings (SSSR count). The summed E-state index contributed by atoms with van der Waals surface area (Å²) >= 11 is 1.44.